The third kappa shape index (κ3) is 2.74. The standard InChI is InChI=1S/C16H16N2O/c1-3-4-12-5-7-13(8-6-12)14-9-11(2)18-16(19)15(14)10-17/h5-9H,3-4H2,1-2H3,(H,18,19). The number of aromatic nitrogens is 1. The Morgan fingerprint density at radius 1 is 1.26 bits per heavy atom. The van der Waals surface area contributed by atoms with Crippen LogP contribution in [0.3, 0.4) is 0 Å². The van der Waals surface area contributed by atoms with E-state index in [1.54, 1.807) is 0 Å². The van der Waals surface area contributed by atoms with Crippen LogP contribution >= 0.6 is 0 Å². The van der Waals surface area contributed by atoms with E-state index in [9.17, 15) is 4.79 Å². The van der Waals surface area contributed by atoms with Gasteiger partial charge in [0.25, 0.3) is 5.56 Å². The average molecular weight is 252 g/mol. The van der Waals surface area contributed by atoms with E-state index in [1.807, 2.05) is 31.2 Å². The molecule has 0 atom stereocenters. The Balaban J connectivity index is 2.53. The molecule has 1 N–H and O–H groups in total. The molecule has 0 spiro atoms. The van der Waals surface area contributed by atoms with Gasteiger partial charge in [-0.25, -0.2) is 0 Å². The molecule has 0 aliphatic heterocycles. The third-order valence-corrected chi connectivity index (χ3v) is 3.08. The van der Waals surface area contributed by atoms with Crippen molar-refractivity contribution >= 4 is 0 Å². The molecule has 1 aromatic heterocycles. The minimum Gasteiger partial charge on any atom is -0.325 e. The molecule has 0 amide bonds. The number of aryl methyl sites for hydroxylation is 2. The molecule has 0 aliphatic carbocycles. The molecule has 96 valence electrons. The van der Waals surface area contributed by atoms with Crippen LogP contribution in [0.2, 0.25) is 0 Å². The van der Waals surface area contributed by atoms with Crippen molar-refractivity contribution in [3.05, 3.63) is 57.5 Å². The number of H-pyrrole nitrogens is 1. The SMILES string of the molecule is CCCc1ccc(-c2cc(C)[nH]c(=O)c2C#N)cc1. The van der Waals surface area contributed by atoms with Gasteiger partial charge >= 0.3 is 0 Å². The summed E-state index contributed by atoms with van der Waals surface area (Å²) in [5, 5.41) is 9.12. The summed E-state index contributed by atoms with van der Waals surface area (Å²) in [5.74, 6) is 0. The summed E-state index contributed by atoms with van der Waals surface area (Å²) < 4.78 is 0. The highest BCUT2D eigenvalue weighted by atomic mass is 16.1. The van der Waals surface area contributed by atoms with E-state index in [1.165, 1.54) is 5.56 Å². The number of aromatic amines is 1. The van der Waals surface area contributed by atoms with E-state index in [0.29, 0.717) is 5.56 Å². The molecule has 0 unspecified atom stereocenters. The topological polar surface area (TPSA) is 56.6 Å². The summed E-state index contributed by atoms with van der Waals surface area (Å²) in [4.78, 5) is 14.4. The second-order valence-corrected chi connectivity index (χ2v) is 4.63. The first-order valence-corrected chi connectivity index (χ1v) is 6.39. The number of hydrogen-bond donors (Lipinski definition) is 1. The molecule has 19 heavy (non-hydrogen) atoms. The van der Waals surface area contributed by atoms with Crippen molar-refractivity contribution in [3.63, 3.8) is 0 Å². The predicted octanol–water partition coefficient (Wildman–Crippen LogP) is 3.17. The molecule has 2 aromatic rings. The van der Waals surface area contributed by atoms with E-state index >= 15 is 0 Å². The highest BCUT2D eigenvalue weighted by Gasteiger charge is 2.09. The lowest BCUT2D eigenvalue weighted by Crippen LogP contribution is -2.12. The van der Waals surface area contributed by atoms with Gasteiger partial charge in [0.1, 0.15) is 11.6 Å². The average Bonchev–Trinajstić information content (AvgIpc) is 2.39. The Kier molecular flexibility index (Phi) is 3.82. The van der Waals surface area contributed by atoms with Crippen LogP contribution in [-0.2, 0) is 6.42 Å². The number of hydrogen-bond acceptors (Lipinski definition) is 2. The predicted molar refractivity (Wildman–Crippen MR) is 75.9 cm³/mol. The van der Waals surface area contributed by atoms with Gasteiger partial charge in [0.05, 0.1) is 0 Å². The van der Waals surface area contributed by atoms with E-state index in [4.69, 9.17) is 5.26 Å². The molecule has 0 aliphatic rings. The molecule has 0 fully saturated rings. The molecule has 3 nitrogen and oxygen atoms in total. The lowest BCUT2D eigenvalue weighted by Gasteiger charge is -2.06. The maximum Gasteiger partial charge on any atom is 0.266 e. The van der Waals surface area contributed by atoms with Crippen LogP contribution in [0.1, 0.15) is 30.2 Å². The third-order valence-electron chi connectivity index (χ3n) is 3.08. The summed E-state index contributed by atoms with van der Waals surface area (Å²) in [5.41, 5.74) is 3.49. The Morgan fingerprint density at radius 3 is 2.53 bits per heavy atom. The first-order chi connectivity index (χ1) is 9.15. The van der Waals surface area contributed by atoms with E-state index in [0.717, 1.165) is 24.1 Å². The Hall–Kier alpha value is -2.34. The normalized spacial score (nSPS) is 10.2. The fourth-order valence-corrected chi connectivity index (χ4v) is 2.17. The van der Waals surface area contributed by atoms with Crippen molar-refractivity contribution in [2.45, 2.75) is 26.7 Å². The number of benzene rings is 1. The van der Waals surface area contributed by atoms with Gasteiger partial charge in [0.15, 0.2) is 0 Å². The molecule has 2 rings (SSSR count). The number of rotatable bonds is 3. The molecule has 1 heterocycles. The summed E-state index contributed by atoms with van der Waals surface area (Å²) in [6.07, 6.45) is 2.15. The zero-order chi connectivity index (χ0) is 13.8. The molecule has 1 aromatic carbocycles. The van der Waals surface area contributed by atoms with E-state index in [2.05, 4.69) is 24.0 Å². The Labute approximate surface area is 112 Å². The summed E-state index contributed by atoms with van der Waals surface area (Å²) in [6.45, 7) is 3.96. The Morgan fingerprint density at radius 2 is 1.95 bits per heavy atom. The zero-order valence-corrected chi connectivity index (χ0v) is 11.2. The van der Waals surface area contributed by atoms with Gasteiger partial charge in [0, 0.05) is 11.3 Å². The van der Waals surface area contributed by atoms with Gasteiger partial charge in [-0.2, -0.15) is 5.26 Å². The second-order valence-electron chi connectivity index (χ2n) is 4.63. The number of nitriles is 1. The monoisotopic (exact) mass is 252 g/mol. The maximum atomic E-state index is 11.8. The minimum absolute atomic E-state index is 0.175. The van der Waals surface area contributed by atoms with Crippen LogP contribution in [0, 0.1) is 18.3 Å². The van der Waals surface area contributed by atoms with Crippen molar-refractivity contribution in [2.75, 3.05) is 0 Å². The Bertz CT molecular complexity index is 675. The molecule has 0 saturated carbocycles. The van der Waals surface area contributed by atoms with Crippen LogP contribution < -0.4 is 5.56 Å². The van der Waals surface area contributed by atoms with Gasteiger partial charge in [-0.1, -0.05) is 37.6 Å². The highest BCUT2D eigenvalue weighted by molar-refractivity contribution is 5.70. The van der Waals surface area contributed by atoms with Crippen LogP contribution in [0.25, 0.3) is 11.1 Å². The summed E-state index contributed by atoms with van der Waals surface area (Å²) in [6, 6.07) is 11.9. The lowest BCUT2D eigenvalue weighted by atomic mass is 9.99. The van der Waals surface area contributed by atoms with Gasteiger partial charge in [-0.3, -0.25) is 4.79 Å². The molecule has 0 bridgehead atoms. The van der Waals surface area contributed by atoms with E-state index in [-0.39, 0.29) is 11.1 Å². The van der Waals surface area contributed by atoms with Gasteiger partial charge in [-0.05, 0) is 30.5 Å². The van der Waals surface area contributed by atoms with Crippen LogP contribution in [-0.4, -0.2) is 4.98 Å². The molecular weight excluding hydrogens is 236 g/mol. The molecule has 0 radical (unpaired) electrons. The fraction of sp³-hybridized carbons (Fsp3) is 0.250. The fourth-order valence-electron chi connectivity index (χ4n) is 2.17. The first kappa shape index (κ1) is 13.1. The minimum atomic E-state index is -0.324. The van der Waals surface area contributed by atoms with Crippen molar-refractivity contribution < 1.29 is 0 Å². The van der Waals surface area contributed by atoms with Crippen molar-refractivity contribution in [1.82, 2.24) is 4.98 Å². The van der Waals surface area contributed by atoms with Crippen molar-refractivity contribution in [3.8, 4) is 17.2 Å². The van der Waals surface area contributed by atoms with Gasteiger partial charge < -0.3 is 4.98 Å². The van der Waals surface area contributed by atoms with E-state index < -0.39 is 0 Å². The zero-order valence-electron chi connectivity index (χ0n) is 11.2. The maximum absolute atomic E-state index is 11.8. The van der Waals surface area contributed by atoms with Crippen LogP contribution in [0.4, 0.5) is 0 Å². The summed E-state index contributed by atoms with van der Waals surface area (Å²) in [7, 11) is 0. The lowest BCUT2D eigenvalue weighted by molar-refractivity contribution is 0.922. The first-order valence-electron chi connectivity index (χ1n) is 6.39. The van der Waals surface area contributed by atoms with Gasteiger partial charge in [0.2, 0.25) is 0 Å². The molecule has 3 heteroatoms. The largest absolute Gasteiger partial charge is 0.325 e. The van der Waals surface area contributed by atoms with Crippen LogP contribution in [0.15, 0.2) is 35.1 Å². The van der Waals surface area contributed by atoms with Crippen molar-refractivity contribution in [2.24, 2.45) is 0 Å². The summed E-state index contributed by atoms with van der Waals surface area (Å²) >= 11 is 0. The number of pyridine rings is 1. The smallest absolute Gasteiger partial charge is 0.266 e. The quantitative estimate of drug-likeness (QED) is 0.912. The second kappa shape index (κ2) is 5.53. The molecule has 0 saturated heterocycles. The molecular formula is C16H16N2O. The number of nitrogens with zero attached hydrogens (tertiary/aromatic N) is 1. The van der Waals surface area contributed by atoms with Gasteiger partial charge in [-0.15, -0.1) is 0 Å². The van der Waals surface area contributed by atoms with Crippen LogP contribution in [0.5, 0.6) is 0 Å². The van der Waals surface area contributed by atoms with Crippen molar-refractivity contribution in [1.29, 1.82) is 5.26 Å². The highest BCUT2D eigenvalue weighted by Crippen LogP contribution is 2.22. The number of nitrogens with one attached hydrogen (secondary N) is 1.